The minimum Gasteiger partial charge on any atom is -0.480 e. The molecule has 1 aliphatic rings. The number of carboxylic acid groups (broad SMARTS) is 1. The zero-order valence-corrected chi connectivity index (χ0v) is 12.9. The molecule has 1 N–H and O–H groups in total. The molecule has 1 aromatic carbocycles. The molecule has 0 aliphatic carbocycles. The van der Waals surface area contributed by atoms with Crippen LogP contribution in [0.2, 0.25) is 0 Å². The predicted molar refractivity (Wildman–Crippen MR) is 76.9 cm³/mol. The molecule has 0 radical (unpaired) electrons. The van der Waals surface area contributed by atoms with Crippen LogP contribution in [0.3, 0.4) is 0 Å². The van der Waals surface area contributed by atoms with Gasteiger partial charge in [0.1, 0.15) is 6.04 Å². The molecule has 1 atom stereocenters. The summed E-state index contributed by atoms with van der Waals surface area (Å²) in [4.78, 5) is 11.2. The van der Waals surface area contributed by atoms with Gasteiger partial charge in [-0.1, -0.05) is 0 Å². The van der Waals surface area contributed by atoms with E-state index >= 15 is 0 Å². The normalized spacial score (nSPS) is 21.1. The maximum Gasteiger partial charge on any atom is 0.322 e. The Kier molecular flexibility index (Phi) is 4.19. The van der Waals surface area contributed by atoms with Crippen LogP contribution in [0.25, 0.3) is 0 Å². The highest BCUT2D eigenvalue weighted by atomic mass is 127. The van der Waals surface area contributed by atoms with E-state index in [1.165, 1.54) is 23.9 Å². The third-order valence-electron chi connectivity index (χ3n) is 2.55. The van der Waals surface area contributed by atoms with Crippen molar-refractivity contribution >= 4 is 50.3 Å². The summed E-state index contributed by atoms with van der Waals surface area (Å²) in [6.45, 7) is 0. The van der Waals surface area contributed by atoms with Gasteiger partial charge in [-0.2, -0.15) is 4.31 Å². The van der Waals surface area contributed by atoms with Crippen LogP contribution < -0.4 is 0 Å². The molecule has 0 amide bonds. The van der Waals surface area contributed by atoms with Crippen LogP contribution in [0.1, 0.15) is 0 Å². The third kappa shape index (κ3) is 2.65. The van der Waals surface area contributed by atoms with Crippen molar-refractivity contribution in [3.05, 3.63) is 27.8 Å². The Balaban J connectivity index is 2.36. The SMILES string of the molecule is O=C(O)[C@H]1CSCN1S(=O)(=O)c1ccc(I)cc1. The van der Waals surface area contributed by atoms with E-state index in [9.17, 15) is 13.2 Å². The first-order chi connectivity index (χ1) is 8.43. The third-order valence-corrected chi connectivity index (χ3v) is 6.31. The first-order valence-electron chi connectivity index (χ1n) is 5.01. The lowest BCUT2D eigenvalue weighted by Crippen LogP contribution is -2.41. The lowest BCUT2D eigenvalue weighted by Gasteiger charge is -2.19. The molecular formula is C10H10INO4S2. The molecule has 1 aromatic rings. The van der Waals surface area contributed by atoms with Crippen LogP contribution in [0, 0.1) is 3.57 Å². The number of rotatable bonds is 3. The Morgan fingerprint density at radius 2 is 2.00 bits per heavy atom. The summed E-state index contributed by atoms with van der Waals surface area (Å²) in [5.41, 5.74) is 0. The number of halogens is 1. The quantitative estimate of drug-likeness (QED) is 0.779. The van der Waals surface area contributed by atoms with E-state index in [2.05, 4.69) is 22.6 Å². The zero-order chi connectivity index (χ0) is 13.3. The van der Waals surface area contributed by atoms with Crippen molar-refractivity contribution in [1.29, 1.82) is 0 Å². The van der Waals surface area contributed by atoms with E-state index in [4.69, 9.17) is 5.11 Å². The summed E-state index contributed by atoms with van der Waals surface area (Å²) in [5, 5.41) is 9.02. The molecule has 0 bridgehead atoms. The average molecular weight is 399 g/mol. The van der Waals surface area contributed by atoms with Gasteiger partial charge in [-0.3, -0.25) is 4.79 Å². The molecule has 0 saturated carbocycles. The second kappa shape index (κ2) is 5.35. The summed E-state index contributed by atoms with van der Waals surface area (Å²) < 4.78 is 26.6. The van der Waals surface area contributed by atoms with Crippen molar-refractivity contribution < 1.29 is 18.3 Å². The number of aliphatic carboxylic acids is 1. The first-order valence-corrected chi connectivity index (χ1v) is 8.68. The van der Waals surface area contributed by atoms with Crippen LogP contribution >= 0.6 is 34.4 Å². The minimum absolute atomic E-state index is 0.136. The van der Waals surface area contributed by atoms with Gasteiger partial charge in [0.05, 0.1) is 10.8 Å². The van der Waals surface area contributed by atoms with Crippen LogP contribution in [0.15, 0.2) is 29.2 Å². The van der Waals surface area contributed by atoms with Crippen molar-refractivity contribution in [1.82, 2.24) is 4.31 Å². The van der Waals surface area contributed by atoms with E-state index in [1.54, 1.807) is 12.1 Å². The number of hydrogen-bond acceptors (Lipinski definition) is 4. The van der Waals surface area contributed by atoms with E-state index in [0.29, 0.717) is 5.75 Å². The fourth-order valence-corrected chi connectivity index (χ4v) is 5.09. The van der Waals surface area contributed by atoms with Gasteiger partial charge in [0.15, 0.2) is 0 Å². The molecule has 0 spiro atoms. The van der Waals surface area contributed by atoms with E-state index in [1.807, 2.05) is 0 Å². The van der Waals surface area contributed by atoms with Crippen LogP contribution in [-0.4, -0.2) is 41.5 Å². The monoisotopic (exact) mass is 399 g/mol. The largest absolute Gasteiger partial charge is 0.480 e. The van der Waals surface area contributed by atoms with Crippen molar-refractivity contribution in [2.45, 2.75) is 10.9 Å². The molecule has 98 valence electrons. The number of nitrogens with zero attached hydrogens (tertiary/aromatic N) is 1. The number of carboxylic acids is 1. The van der Waals surface area contributed by atoms with Gasteiger partial charge in [-0.15, -0.1) is 11.8 Å². The fraction of sp³-hybridized carbons (Fsp3) is 0.300. The Morgan fingerprint density at radius 3 is 2.56 bits per heavy atom. The molecule has 0 aromatic heterocycles. The van der Waals surface area contributed by atoms with Gasteiger partial charge in [0, 0.05) is 9.32 Å². The van der Waals surface area contributed by atoms with Crippen molar-refractivity contribution in [3.63, 3.8) is 0 Å². The smallest absolute Gasteiger partial charge is 0.322 e. The lowest BCUT2D eigenvalue weighted by atomic mass is 10.4. The summed E-state index contributed by atoms with van der Waals surface area (Å²) in [6, 6.07) is 5.40. The molecule has 2 rings (SSSR count). The van der Waals surface area contributed by atoms with Gasteiger partial charge in [0.2, 0.25) is 10.0 Å². The summed E-state index contributed by atoms with van der Waals surface area (Å²) in [5.74, 6) is -0.626. The highest BCUT2D eigenvalue weighted by molar-refractivity contribution is 14.1. The maximum atomic E-state index is 12.3. The van der Waals surface area contributed by atoms with Gasteiger partial charge in [-0.25, -0.2) is 8.42 Å². The summed E-state index contributed by atoms with van der Waals surface area (Å²) in [6.07, 6.45) is 0. The summed E-state index contributed by atoms with van der Waals surface area (Å²) in [7, 11) is -3.72. The molecule has 1 heterocycles. The molecular weight excluding hydrogens is 389 g/mol. The van der Waals surface area contributed by atoms with Crippen molar-refractivity contribution in [2.75, 3.05) is 11.6 Å². The topological polar surface area (TPSA) is 74.7 Å². The Morgan fingerprint density at radius 1 is 1.39 bits per heavy atom. The standard InChI is InChI=1S/C10H10INO4S2/c11-7-1-3-8(4-2-7)18(15,16)12-6-17-5-9(12)10(13)14/h1-4,9H,5-6H2,(H,13,14)/t9-/m1/s1. The Hall–Kier alpha value is -0.320. The number of thioether (sulfide) groups is 1. The molecule has 1 fully saturated rings. The Labute approximate surface area is 123 Å². The number of sulfonamides is 1. The maximum absolute atomic E-state index is 12.3. The molecule has 0 unspecified atom stereocenters. The van der Waals surface area contributed by atoms with E-state index in [-0.39, 0.29) is 10.8 Å². The van der Waals surface area contributed by atoms with Crippen LogP contribution in [0.4, 0.5) is 0 Å². The minimum atomic E-state index is -3.72. The predicted octanol–water partition coefficient (Wildman–Crippen LogP) is 1.44. The summed E-state index contributed by atoms with van der Waals surface area (Å²) >= 11 is 3.39. The van der Waals surface area contributed by atoms with Crippen molar-refractivity contribution in [2.24, 2.45) is 0 Å². The molecule has 8 heteroatoms. The highest BCUT2D eigenvalue weighted by Crippen LogP contribution is 2.28. The second-order valence-corrected chi connectivity index (χ2v) is 7.84. The van der Waals surface area contributed by atoms with Gasteiger partial charge < -0.3 is 5.11 Å². The van der Waals surface area contributed by atoms with Gasteiger partial charge in [0.25, 0.3) is 0 Å². The lowest BCUT2D eigenvalue weighted by molar-refractivity contribution is -0.140. The molecule has 18 heavy (non-hydrogen) atoms. The van der Waals surface area contributed by atoms with E-state index in [0.717, 1.165) is 7.88 Å². The molecule has 1 saturated heterocycles. The van der Waals surface area contributed by atoms with Crippen molar-refractivity contribution in [3.8, 4) is 0 Å². The van der Waals surface area contributed by atoms with Gasteiger partial charge >= 0.3 is 5.97 Å². The average Bonchev–Trinajstić information content (AvgIpc) is 2.79. The molecule has 1 aliphatic heterocycles. The zero-order valence-electron chi connectivity index (χ0n) is 9.11. The van der Waals surface area contributed by atoms with Crippen LogP contribution in [-0.2, 0) is 14.8 Å². The second-order valence-electron chi connectivity index (χ2n) is 3.70. The molecule has 5 nitrogen and oxygen atoms in total. The highest BCUT2D eigenvalue weighted by Gasteiger charge is 2.39. The van der Waals surface area contributed by atoms with Crippen LogP contribution in [0.5, 0.6) is 0 Å². The first kappa shape index (κ1) is 14.1. The van der Waals surface area contributed by atoms with Gasteiger partial charge in [-0.05, 0) is 46.9 Å². The fourth-order valence-electron chi connectivity index (χ4n) is 1.60. The number of benzene rings is 1. The van der Waals surface area contributed by atoms with E-state index < -0.39 is 22.0 Å². The Bertz CT molecular complexity index is 558. The number of carbonyl (C=O) groups is 1. The number of hydrogen-bond donors (Lipinski definition) is 1.